The Morgan fingerprint density at radius 2 is 1.79 bits per heavy atom. The van der Waals surface area contributed by atoms with Gasteiger partial charge in [-0.05, 0) is 29.7 Å². The first-order valence-corrected chi connectivity index (χ1v) is 10.5. The van der Waals surface area contributed by atoms with E-state index in [4.69, 9.17) is 4.74 Å². The van der Waals surface area contributed by atoms with Gasteiger partial charge < -0.3 is 15.0 Å². The molecular formula is C23H24N2O2S. The third-order valence-electron chi connectivity index (χ3n) is 4.97. The molecule has 5 heteroatoms. The van der Waals surface area contributed by atoms with E-state index in [9.17, 15) is 4.79 Å². The normalized spacial score (nSPS) is 14.1. The number of amides is 1. The highest BCUT2D eigenvalue weighted by Crippen LogP contribution is 2.39. The summed E-state index contributed by atoms with van der Waals surface area (Å²) in [6.07, 6.45) is 0.884. The maximum Gasteiger partial charge on any atom is 0.265 e. The van der Waals surface area contributed by atoms with Crippen molar-refractivity contribution >= 4 is 27.9 Å². The molecule has 2 aromatic carbocycles. The van der Waals surface area contributed by atoms with Crippen LogP contribution in [0, 0.1) is 0 Å². The average molecular weight is 393 g/mol. The number of para-hydroxylation sites is 1. The topological polar surface area (TPSA) is 41.6 Å². The van der Waals surface area contributed by atoms with Crippen LogP contribution in [0.2, 0.25) is 0 Å². The van der Waals surface area contributed by atoms with Crippen LogP contribution in [0.15, 0.2) is 60.7 Å². The Kier molecular flexibility index (Phi) is 5.74. The molecule has 0 aliphatic carbocycles. The summed E-state index contributed by atoms with van der Waals surface area (Å²) in [6.45, 7) is 5.23. The Balaban J connectivity index is 1.67. The molecule has 0 bridgehead atoms. The molecule has 0 atom stereocenters. The van der Waals surface area contributed by atoms with Crippen molar-refractivity contribution in [1.29, 1.82) is 0 Å². The van der Waals surface area contributed by atoms with Gasteiger partial charge in [-0.15, -0.1) is 11.3 Å². The van der Waals surface area contributed by atoms with Crippen LogP contribution >= 0.6 is 11.3 Å². The number of nitrogens with one attached hydrogen (secondary N) is 1. The Morgan fingerprint density at radius 1 is 1.07 bits per heavy atom. The molecule has 1 N–H and O–H groups in total. The van der Waals surface area contributed by atoms with Crippen molar-refractivity contribution in [3.8, 4) is 11.1 Å². The molecule has 1 fully saturated rings. The number of rotatable bonds is 5. The van der Waals surface area contributed by atoms with Crippen LogP contribution < -0.4 is 10.2 Å². The van der Waals surface area contributed by atoms with Crippen molar-refractivity contribution in [3.63, 3.8) is 0 Å². The number of nitrogens with zero attached hydrogens (tertiary/aromatic N) is 1. The van der Waals surface area contributed by atoms with E-state index in [-0.39, 0.29) is 5.91 Å². The van der Waals surface area contributed by atoms with Crippen LogP contribution in [0.1, 0.15) is 22.2 Å². The van der Waals surface area contributed by atoms with Gasteiger partial charge >= 0.3 is 0 Å². The predicted octanol–water partition coefficient (Wildman–Crippen LogP) is 5.07. The standard InChI is InChI=1S/C23H24N2O2S/c1-2-17-8-6-7-11-20(17)24-22(26)21-16-19(18-9-4-3-5-10-18)23(28-21)25-12-14-27-15-13-25/h3-11,16H,2,12-15H2,1H3,(H,24,26). The minimum atomic E-state index is -0.0532. The van der Waals surface area contributed by atoms with Crippen molar-refractivity contribution in [1.82, 2.24) is 0 Å². The van der Waals surface area contributed by atoms with Gasteiger partial charge in [-0.25, -0.2) is 0 Å². The van der Waals surface area contributed by atoms with Crippen molar-refractivity contribution in [2.24, 2.45) is 0 Å². The quantitative estimate of drug-likeness (QED) is 0.659. The van der Waals surface area contributed by atoms with Crippen LogP contribution in [-0.4, -0.2) is 32.2 Å². The SMILES string of the molecule is CCc1ccccc1NC(=O)c1cc(-c2ccccc2)c(N2CCOCC2)s1. The highest BCUT2D eigenvalue weighted by atomic mass is 32.1. The van der Waals surface area contributed by atoms with Gasteiger partial charge in [0.1, 0.15) is 0 Å². The van der Waals surface area contributed by atoms with Gasteiger partial charge in [0.05, 0.1) is 23.1 Å². The van der Waals surface area contributed by atoms with Crippen LogP contribution in [-0.2, 0) is 11.2 Å². The fraction of sp³-hybridized carbons (Fsp3) is 0.261. The summed E-state index contributed by atoms with van der Waals surface area (Å²) in [5.74, 6) is -0.0532. The monoisotopic (exact) mass is 392 g/mol. The van der Waals surface area contributed by atoms with Gasteiger partial charge in [0.15, 0.2) is 0 Å². The Bertz CT molecular complexity index is 946. The Labute approximate surface area is 169 Å². The van der Waals surface area contributed by atoms with Gasteiger partial charge in [0.25, 0.3) is 5.91 Å². The summed E-state index contributed by atoms with van der Waals surface area (Å²) < 4.78 is 5.51. The molecule has 0 unspecified atom stereocenters. The van der Waals surface area contributed by atoms with E-state index < -0.39 is 0 Å². The molecule has 0 spiro atoms. The lowest BCUT2D eigenvalue weighted by molar-refractivity contribution is 0.103. The molecule has 4 rings (SSSR count). The van der Waals surface area contributed by atoms with E-state index in [1.165, 1.54) is 0 Å². The van der Waals surface area contributed by atoms with E-state index in [0.717, 1.165) is 65.0 Å². The van der Waals surface area contributed by atoms with Crippen molar-refractivity contribution in [3.05, 3.63) is 71.1 Å². The number of carbonyl (C=O) groups excluding carboxylic acids is 1. The summed E-state index contributed by atoms with van der Waals surface area (Å²) in [6, 6.07) is 20.3. The fourth-order valence-corrected chi connectivity index (χ4v) is 4.58. The van der Waals surface area contributed by atoms with Crippen LogP contribution in [0.5, 0.6) is 0 Å². The zero-order valence-corrected chi connectivity index (χ0v) is 16.8. The van der Waals surface area contributed by atoms with E-state index in [2.05, 4.69) is 35.3 Å². The second-order valence-corrected chi connectivity index (χ2v) is 7.79. The third-order valence-corrected chi connectivity index (χ3v) is 6.16. The number of hydrogen-bond acceptors (Lipinski definition) is 4. The summed E-state index contributed by atoms with van der Waals surface area (Å²) in [5, 5.41) is 4.24. The summed E-state index contributed by atoms with van der Waals surface area (Å²) >= 11 is 1.56. The first kappa shape index (κ1) is 18.7. The highest BCUT2D eigenvalue weighted by molar-refractivity contribution is 7.18. The molecule has 2 heterocycles. The lowest BCUT2D eigenvalue weighted by Crippen LogP contribution is -2.35. The van der Waals surface area contributed by atoms with Gasteiger partial charge in [-0.3, -0.25) is 4.79 Å². The maximum absolute atomic E-state index is 13.0. The minimum absolute atomic E-state index is 0.0532. The number of benzene rings is 2. The summed E-state index contributed by atoms with van der Waals surface area (Å²) in [7, 11) is 0. The lowest BCUT2D eigenvalue weighted by atomic mass is 10.1. The van der Waals surface area contributed by atoms with Crippen LogP contribution in [0.25, 0.3) is 11.1 Å². The summed E-state index contributed by atoms with van der Waals surface area (Å²) in [4.78, 5) is 16.1. The fourth-order valence-electron chi connectivity index (χ4n) is 3.45. The average Bonchev–Trinajstić information content (AvgIpc) is 3.21. The molecule has 1 aliphatic heterocycles. The Morgan fingerprint density at radius 3 is 2.54 bits per heavy atom. The molecule has 144 valence electrons. The molecule has 4 nitrogen and oxygen atoms in total. The number of ether oxygens (including phenoxy) is 1. The molecule has 3 aromatic rings. The highest BCUT2D eigenvalue weighted by Gasteiger charge is 2.22. The number of aryl methyl sites for hydroxylation is 1. The number of carbonyl (C=O) groups is 1. The Hall–Kier alpha value is -2.63. The smallest absolute Gasteiger partial charge is 0.265 e. The first-order chi connectivity index (χ1) is 13.8. The van der Waals surface area contributed by atoms with E-state index >= 15 is 0 Å². The molecule has 1 aromatic heterocycles. The molecule has 28 heavy (non-hydrogen) atoms. The second-order valence-electron chi connectivity index (χ2n) is 6.76. The van der Waals surface area contributed by atoms with E-state index in [0.29, 0.717) is 0 Å². The molecule has 0 saturated carbocycles. The van der Waals surface area contributed by atoms with Crippen molar-refractivity contribution in [2.75, 3.05) is 36.5 Å². The lowest BCUT2D eigenvalue weighted by Gasteiger charge is -2.28. The van der Waals surface area contributed by atoms with E-state index in [1.54, 1.807) is 11.3 Å². The number of morpholine rings is 1. The number of hydrogen-bond donors (Lipinski definition) is 1. The number of anilines is 2. The van der Waals surface area contributed by atoms with E-state index in [1.807, 2.05) is 42.5 Å². The van der Waals surface area contributed by atoms with Gasteiger partial charge in [-0.1, -0.05) is 55.5 Å². The first-order valence-electron chi connectivity index (χ1n) is 9.67. The molecule has 1 aliphatic rings. The maximum atomic E-state index is 13.0. The van der Waals surface area contributed by atoms with Crippen molar-refractivity contribution < 1.29 is 9.53 Å². The molecule has 1 amide bonds. The molecular weight excluding hydrogens is 368 g/mol. The largest absolute Gasteiger partial charge is 0.378 e. The minimum Gasteiger partial charge on any atom is -0.378 e. The predicted molar refractivity (Wildman–Crippen MR) is 117 cm³/mol. The second kappa shape index (κ2) is 8.59. The zero-order valence-electron chi connectivity index (χ0n) is 16.0. The van der Waals surface area contributed by atoms with Gasteiger partial charge in [0, 0.05) is 24.3 Å². The van der Waals surface area contributed by atoms with Crippen molar-refractivity contribution in [2.45, 2.75) is 13.3 Å². The van der Waals surface area contributed by atoms with Crippen LogP contribution in [0.3, 0.4) is 0 Å². The third kappa shape index (κ3) is 3.96. The summed E-state index contributed by atoms with van der Waals surface area (Å²) in [5.41, 5.74) is 4.27. The number of thiophene rings is 1. The molecule has 0 radical (unpaired) electrons. The van der Waals surface area contributed by atoms with Gasteiger partial charge in [0.2, 0.25) is 0 Å². The van der Waals surface area contributed by atoms with Crippen LogP contribution in [0.4, 0.5) is 10.7 Å². The molecule has 1 saturated heterocycles. The van der Waals surface area contributed by atoms with Gasteiger partial charge in [-0.2, -0.15) is 0 Å². The zero-order chi connectivity index (χ0) is 19.3.